The molecule has 6 nitrogen and oxygen atoms in total. The first kappa shape index (κ1) is 16.8. The third-order valence-corrected chi connectivity index (χ3v) is 3.91. The second kappa shape index (κ2) is 8.14. The van der Waals surface area contributed by atoms with E-state index in [1.807, 2.05) is 30.3 Å². The van der Waals surface area contributed by atoms with Gasteiger partial charge in [0.15, 0.2) is 0 Å². The minimum atomic E-state index is -0.557. The number of rotatable bonds is 7. The van der Waals surface area contributed by atoms with Gasteiger partial charge < -0.3 is 5.32 Å². The standard InChI is InChI=1S/C18H18FN5O/c19-16-9-5-4-8-15(16)10-11-20-18(25)17(24-13-21-22-23-24)12-14-6-2-1-3-7-14/h1-9,13,17H,10-12H2,(H,20,25)/t17-/m1/s1. The molecule has 25 heavy (non-hydrogen) atoms. The number of benzene rings is 2. The zero-order chi connectivity index (χ0) is 17.5. The average molecular weight is 339 g/mol. The Balaban J connectivity index is 1.64. The number of tetrazole rings is 1. The van der Waals surface area contributed by atoms with Crippen molar-refractivity contribution in [1.82, 2.24) is 25.5 Å². The van der Waals surface area contributed by atoms with E-state index in [0.717, 1.165) is 5.56 Å². The molecule has 0 fully saturated rings. The Labute approximate surface area is 144 Å². The summed E-state index contributed by atoms with van der Waals surface area (Å²) in [6.07, 6.45) is 2.31. The molecule has 0 saturated carbocycles. The molecule has 1 atom stereocenters. The highest BCUT2D eigenvalue weighted by Crippen LogP contribution is 2.13. The Morgan fingerprint density at radius 3 is 2.60 bits per heavy atom. The van der Waals surface area contributed by atoms with Gasteiger partial charge in [-0.25, -0.2) is 9.07 Å². The Bertz CT molecular complexity index is 807. The van der Waals surface area contributed by atoms with E-state index in [-0.39, 0.29) is 11.7 Å². The smallest absolute Gasteiger partial charge is 0.245 e. The van der Waals surface area contributed by atoms with Crippen molar-refractivity contribution in [3.8, 4) is 0 Å². The molecule has 0 bridgehead atoms. The lowest BCUT2D eigenvalue weighted by atomic mass is 10.1. The molecule has 3 rings (SSSR count). The van der Waals surface area contributed by atoms with Crippen LogP contribution in [-0.2, 0) is 17.6 Å². The summed E-state index contributed by atoms with van der Waals surface area (Å²) in [6, 6.07) is 15.6. The number of nitrogens with zero attached hydrogens (tertiary/aromatic N) is 4. The quantitative estimate of drug-likeness (QED) is 0.714. The summed E-state index contributed by atoms with van der Waals surface area (Å²) >= 11 is 0. The summed E-state index contributed by atoms with van der Waals surface area (Å²) in [5, 5.41) is 13.9. The van der Waals surface area contributed by atoms with Gasteiger partial charge in [0.25, 0.3) is 0 Å². The Morgan fingerprint density at radius 1 is 1.12 bits per heavy atom. The zero-order valence-electron chi connectivity index (χ0n) is 13.5. The predicted octanol–water partition coefficient (Wildman–Crippen LogP) is 1.95. The molecule has 1 aromatic heterocycles. The number of carbonyl (C=O) groups excluding carboxylic acids is 1. The fourth-order valence-corrected chi connectivity index (χ4v) is 2.59. The maximum Gasteiger partial charge on any atom is 0.245 e. The molecule has 1 N–H and O–H groups in total. The van der Waals surface area contributed by atoms with E-state index in [1.165, 1.54) is 17.1 Å². The van der Waals surface area contributed by atoms with Crippen LogP contribution in [0.15, 0.2) is 60.9 Å². The van der Waals surface area contributed by atoms with Crippen LogP contribution in [0.1, 0.15) is 17.2 Å². The second-order valence-corrected chi connectivity index (χ2v) is 5.63. The largest absolute Gasteiger partial charge is 0.354 e. The fraction of sp³-hybridized carbons (Fsp3) is 0.222. The van der Waals surface area contributed by atoms with Gasteiger partial charge in [-0.05, 0) is 34.0 Å². The summed E-state index contributed by atoms with van der Waals surface area (Å²) in [5.41, 5.74) is 1.58. The van der Waals surface area contributed by atoms with Crippen LogP contribution >= 0.6 is 0 Å². The van der Waals surface area contributed by atoms with Crippen molar-refractivity contribution < 1.29 is 9.18 Å². The molecule has 0 aliphatic heterocycles. The van der Waals surface area contributed by atoms with Crippen LogP contribution < -0.4 is 5.32 Å². The molecule has 128 valence electrons. The highest BCUT2D eigenvalue weighted by molar-refractivity contribution is 5.80. The molecule has 3 aromatic rings. The van der Waals surface area contributed by atoms with Gasteiger partial charge in [0, 0.05) is 13.0 Å². The van der Waals surface area contributed by atoms with Gasteiger partial charge in [0.2, 0.25) is 5.91 Å². The Morgan fingerprint density at radius 2 is 1.88 bits per heavy atom. The number of aromatic nitrogens is 4. The van der Waals surface area contributed by atoms with Crippen LogP contribution in [0.25, 0.3) is 0 Å². The number of hydrogen-bond donors (Lipinski definition) is 1. The SMILES string of the molecule is O=C(NCCc1ccccc1F)[C@@H](Cc1ccccc1)n1cnnn1. The number of halogens is 1. The van der Waals surface area contributed by atoms with Crippen molar-refractivity contribution in [3.63, 3.8) is 0 Å². The molecule has 0 aliphatic rings. The van der Waals surface area contributed by atoms with E-state index < -0.39 is 6.04 Å². The topological polar surface area (TPSA) is 72.7 Å². The summed E-state index contributed by atoms with van der Waals surface area (Å²) in [5.74, 6) is -0.467. The first-order valence-corrected chi connectivity index (χ1v) is 8.01. The van der Waals surface area contributed by atoms with E-state index >= 15 is 0 Å². The molecule has 1 heterocycles. The normalized spacial score (nSPS) is 11.9. The van der Waals surface area contributed by atoms with Gasteiger partial charge >= 0.3 is 0 Å². The average Bonchev–Trinajstić information content (AvgIpc) is 3.16. The first-order chi connectivity index (χ1) is 12.2. The number of carbonyl (C=O) groups is 1. The van der Waals surface area contributed by atoms with Crippen LogP contribution in [0.3, 0.4) is 0 Å². The molecule has 0 saturated heterocycles. The van der Waals surface area contributed by atoms with Gasteiger partial charge in [-0.15, -0.1) is 5.10 Å². The van der Waals surface area contributed by atoms with E-state index in [2.05, 4.69) is 20.8 Å². The molecular weight excluding hydrogens is 321 g/mol. The summed E-state index contributed by atoms with van der Waals surface area (Å²) < 4.78 is 15.1. The van der Waals surface area contributed by atoms with Crippen molar-refractivity contribution in [2.45, 2.75) is 18.9 Å². The minimum Gasteiger partial charge on any atom is -0.354 e. The molecule has 0 spiro atoms. The van der Waals surface area contributed by atoms with E-state index in [9.17, 15) is 9.18 Å². The second-order valence-electron chi connectivity index (χ2n) is 5.63. The van der Waals surface area contributed by atoms with Crippen LogP contribution in [-0.4, -0.2) is 32.7 Å². The molecule has 0 unspecified atom stereocenters. The number of amides is 1. The van der Waals surface area contributed by atoms with Crippen LogP contribution in [0, 0.1) is 5.82 Å². The highest BCUT2D eigenvalue weighted by atomic mass is 19.1. The van der Waals surface area contributed by atoms with Gasteiger partial charge in [-0.2, -0.15) is 0 Å². The molecule has 7 heteroatoms. The lowest BCUT2D eigenvalue weighted by molar-refractivity contribution is -0.124. The van der Waals surface area contributed by atoms with E-state index in [1.54, 1.807) is 18.2 Å². The van der Waals surface area contributed by atoms with Crippen LogP contribution in [0.5, 0.6) is 0 Å². The third kappa shape index (κ3) is 4.47. The van der Waals surface area contributed by atoms with Crippen LogP contribution in [0.2, 0.25) is 0 Å². The lowest BCUT2D eigenvalue weighted by Crippen LogP contribution is -2.35. The third-order valence-electron chi connectivity index (χ3n) is 3.91. The van der Waals surface area contributed by atoms with Crippen molar-refractivity contribution in [1.29, 1.82) is 0 Å². The Kier molecular flexibility index (Phi) is 5.46. The maximum absolute atomic E-state index is 13.6. The highest BCUT2D eigenvalue weighted by Gasteiger charge is 2.22. The molecule has 1 amide bonds. The van der Waals surface area contributed by atoms with Crippen LogP contribution in [0.4, 0.5) is 4.39 Å². The number of hydrogen-bond acceptors (Lipinski definition) is 4. The van der Waals surface area contributed by atoms with Crippen molar-refractivity contribution in [2.75, 3.05) is 6.54 Å². The van der Waals surface area contributed by atoms with Gasteiger partial charge in [-0.1, -0.05) is 48.5 Å². The fourth-order valence-electron chi connectivity index (χ4n) is 2.59. The van der Waals surface area contributed by atoms with Gasteiger partial charge in [0.1, 0.15) is 18.2 Å². The Hall–Kier alpha value is -3.09. The monoisotopic (exact) mass is 339 g/mol. The summed E-state index contributed by atoms with van der Waals surface area (Å²) in [6.45, 7) is 0.340. The molecular formula is C18H18FN5O. The minimum absolute atomic E-state index is 0.201. The molecule has 0 radical (unpaired) electrons. The van der Waals surface area contributed by atoms with Crippen molar-refractivity contribution in [2.24, 2.45) is 0 Å². The van der Waals surface area contributed by atoms with Crippen molar-refractivity contribution >= 4 is 5.91 Å². The maximum atomic E-state index is 13.6. The predicted molar refractivity (Wildman–Crippen MR) is 90.1 cm³/mol. The molecule has 0 aliphatic carbocycles. The summed E-state index contributed by atoms with van der Waals surface area (Å²) in [7, 11) is 0. The van der Waals surface area contributed by atoms with E-state index in [0.29, 0.717) is 24.9 Å². The molecule has 2 aromatic carbocycles. The summed E-state index contributed by atoms with van der Waals surface area (Å²) in [4.78, 5) is 12.6. The van der Waals surface area contributed by atoms with Gasteiger partial charge in [0.05, 0.1) is 0 Å². The number of nitrogens with one attached hydrogen (secondary N) is 1. The van der Waals surface area contributed by atoms with Gasteiger partial charge in [-0.3, -0.25) is 4.79 Å². The lowest BCUT2D eigenvalue weighted by Gasteiger charge is -2.16. The van der Waals surface area contributed by atoms with Crippen molar-refractivity contribution in [3.05, 3.63) is 77.9 Å². The first-order valence-electron chi connectivity index (χ1n) is 8.01. The zero-order valence-corrected chi connectivity index (χ0v) is 13.5. The van der Waals surface area contributed by atoms with E-state index in [4.69, 9.17) is 0 Å².